The molecular formula is CH4O3SZn. The molecule has 0 saturated heterocycles. The Kier molecular flexibility index (Phi) is 4.32. The van der Waals surface area contributed by atoms with Crippen LogP contribution < -0.4 is 0 Å². The van der Waals surface area contributed by atoms with Crippen molar-refractivity contribution in [3.63, 3.8) is 0 Å². The van der Waals surface area contributed by atoms with E-state index >= 15 is 0 Å². The van der Waals surface area contributed by atoms with E-state index in [0.717, 1.165) is 0 Å². The van der Waals surface area contributed by atoms with Gasteiger partial charge in [-0.05, 0) is 0 Å². The van der Waals surface area contributed by atoms with E-state index < -0.39 is 10.1 Å². The monoisotopic (exact) mass is 160 g/mol. The van der Waals surface area contributed by atoms with Gasteiger partial charge in [-0.1, -0.05) is 0 Å². The first-order valence-electron chi connectivity index (χ1n) is 0.924. The number of hydrogen-bond donors (Lipinski definition) is 1. The average Bonchev–Trinajstić information content (AvgIpc) is 0.722. The van der Waals surface area contributed by atoms with Gasteiger partial charge in [0.15, 0.2) is 0 Å². The Morgan fingerprint density at radius 2 is 1.50 bits per heavy atom. The Balaban J connectivity index is 0. The maximum atomic E-state index is 9.19. The molecule has 0 aliphatic heterocycles. The van der Waals surface area contributed by atoms with Crippen molar-refractivity contribution < 1.29 is 32.4 Å². The minimum atomic E-state index is -3.67. The molecule has 5 heteroatoms. The van der Waals surface area contributed by atoms with Gasteiger partial charge in [0, 0.05) is 19.5 Å². The molecule has 0 saturated carbocycles. The smallest absolute Gasteiger partial charge is 0.261 e. The van der Waals surface area contributed by atoms with Crippen molar-refractivity contribution in [3.05, 3.63) is 0 Å². The molecule has 0 radical (unpaired) electrons. The fraction of sp³-hybridized carbons (Fsp3) is 1.00. The molecule has 0 amide bonds. The molecule has 0 bridgehead atoms. The third kappa shape index (κ3) is 199. The van der Waals surface area contributed by atoms with E-state index in [1.165, 1.54) is 0 Å². The largest absolute Gasteiger partial charge is 0.286 e. The first-order valence-corrected chi connectivity index (χ1v) is 2.77. The molecule has 0 aliphatic rings. The maximum absolute atomic E-state index is 9.19. The number of hydrogen-bond acceptors (Lipinski definition) is 2. The van der Waals surface area contributed by atoms with E-state index in [1.54, 1.807) is 0 Å². The van der Waals surface area contributed by atoms with Crippen LogP contribution in [0.4, 0.5) is 0 Å². The molecule has 0 aromatic rings. The van der Waals surface area contributed by atoms with Crippen LogP contribution in [0.1, 0.15) is 0 Å². The molecular weight excluding hydrogens is 157 g/mol. The zero-order valence-electron chi connectivity index (χ0n) is 3.38. The molecule has 0 rings (SSSR count). The summed E-state index contributed by atoms with van der Waals surface area (Å²) in [6.45, 7) is 0. The molecule has 0 aliphatic carbocycles. The molecule has 1 N–H and O–H groups in total. The van der Waals surface area contributed by atoms with E-state index in [9.17, 15) is 8.42 Å². The fourth-order valence-electron chi connectivity index (χ4n) is 0. The van der Waals surface area contributed by atoms with E-state index in [4.69, 9.17) is 4.55 Å². The molecule has 0 unspecified atom stereocenters. The van der Waals surface area contributed by atoms with E-state index in [0.29, 0.717) is 6.26 Å². The van der Waals surface area contributed by atoms with E-state index in [-0.39, 0.29) is 19.5 Å². The van der Waals surface area contributed by atoms with Gasteiger partial charge in [-0.15, -0.1) is 0 Å². The molecule has 0 aromatic carbocycles. The third-order valence-corrected chi connectivity index (χ3v) is 0. The summed E-state index contributed by atoms with van der Waals surface area (Å²) < 4.78 is 25.9. The predicted octanol–water partition coefficient (Wildman–Crippen LogP) is -0.498. The van der Waals surface area contributed by atoms with Gasteiger partial charge in [0.25, 0.3) is 10.1 Å². The van der Waals surface area contributed by atoms with E-state index in [2.05, 4.69) is 0 Å². The summed E-state index contributed by atoms with van der Waals surface area (Å²) in [6, 6.07) is 0. The zero-order chi connectivity index (χ0) is 4.50. The van der Waals surface area contributed by atoms with Crippen LogP contribution in [0, 0.1) is 0 Å². The maximum Gasteiger partial charge on any atom is 0.261 e. The zero-order valence-corrected chi connectivity index (χ0v) is 7.16. The average molecular weight is 161 g/mol. The molecule has 6 heavy (non-hydrogen) atoms. The summed E-state index contributed by atoms with van der Waals surface area (Å²) in [5.74, 6) is 0. The normalized spacial score (nSPS) is 9.67. The summed E-state index contributed by atoms with van der Waals surface area (Å²) in [4.78, 5) is 0. The van der Waals surface area contributed by atoms with Crippen molar-refractivity contribution in [2.45, 2.75) is 0 Å². The standard InChI is InChI=1S/CH4O3S.Zn/c1-5(2,3)4;/h1H3,(H,2,3,4);. The number of rotatable bonds is 0. The Morgan fingerprint density at radius 1 is 1.50 bits per heavy atom. The molecule has 3 nitrogen and oxygen atoms in total. The summed E-state index contributed by atoms with van der Waals surface area (Å²) in [5, 5.41) is 0. The first-order chi connectivity index (χ1) is 2.00. The van der Waals surface area contributed by atoms with Crippen molar-refractivity contribution in [2.24, 2.45) is 0 Å². The van der Waals surface area contributed by atoms with Crippen molar-refractivity contribution in [1.29, 1.82) is 0 Å². The van der Waals surface area contributed by atoms with Crippen molar-refractivity contribution >= 4 is 10.1 Å². The minimum absolute atomic E-state index is 0. The van der Waals surface area contributed by atoms with Gasteiger partial charge >= 0.3 is 0 Å². The third-order valence-electron chi connectivity index (χ3n) is 0. The molecule has 0 fully saturated rings. The van der Waals surface area contributed by atoms with Crippen LogP contribution in [0.25, 0.3) is 0 Å². The first kappa shape index (κ1) is 9.73. The summed E-state index contributed by atoms with van der Waals surface area (Å²) >= 11 is 0. The van der Waals surface area contributed by atoms with Gasteiger partial charge in [-0.2, -0.15) is 8.42 Å². The van der Waals surface area contributed by atoms with Gasteiger partial charge in [0.1, 0.15) is 0 Å². The van der Waals surface area contributed by atoms with Crippen LogP contribution in [-0.2, 0) is 29.6 Å². The van der Waals surface area contributed by atoms with Crippen molar-refractivity contribution in [2.75, 3.05) is 6.26 Å². The van der Waals surface area contributed by atoms with Crippen LogP contribution in [0.5, 0.6) is 0 Å². The Labute approximate surface area is 49.3 Å². The van der Waals surface area contributed by atoms with Crippen LogP contribution >= 0.6 is 0 Å². The molecule has 34 valence electrons. The second-order valence-electron chi connectivity index (χ2n) is 0.733. The summed E-state index contributed by atoms with van der Waals surface area (Å²) in [5.41, 5.74) is 0. The van der Waals surface area contributed by atoms with Crippen LogP contribution in [0.15, 0.2) is 0 Å². The molecule has 0 heterocycles. The van der Waals surface area contributed by atoms with Gasteiger partial charge in [0.05, 0.1) is 6.26 Å². The molecule has 0 aromatic heterocycles. The van der Waals surface area contributed by atoms with Crippen molar-refractivity contribution in [1.82, 2.24) is 0 Å². The summed E-state index contributed by atoms with van der Waals surface area (Å²) in [6.07, 6.45) is 0.715. The topological polar surface area (TPSA) is 54.4 Å². The Hall–Kier alpha value is 0.533. The van der Waals surface area contributed by atoms with Gasteiger partial charge < -0.3 is 0 Å². The SMILES string of the molecule is CS(=O)(=O)O.[Zn]. The van der Waals surface area contributed by atoms with Gasteiger partial charge in [-0.25, -0.2) is 0 Å². The second-order valence-corrected chi connectivity index (χ2v) is 2.20. The Bertz CT molecular complexity index is 94.0. The van der Waals surface area contributed by atoms with Crippen LogP contribution in [0.3, 0.4) is 0 Å². The van der Waals surface area contributed by atoms with E-state index in [1.807, 2.05) is 0 Å². The van der Waals surface area contributed by atoms with Crippen molar-refractivity contribution in [3.8, 4) is 0 Å². The molecule has 0 spiro atoms. The Morgan fingerprint density at radius 3 is 1.50 bits per heavy atom. The van der Waals surface area contributed by atoms with Crippen LogP contribution in [0.2, 0.25) is 0 Å². The minimum Gasteiger partial charge on any atom is -0.286 e. The quantitative estimate of drug-likeness (QED) is 0.385. The predicted molar refractivity (Wildman–Crippen MR) is 17.5 cm³/mol. The second kappa shape index (κ2) is 2.66. The summed E-state index contributed by atoms with van der Waals surface area (Å²) in [7, 11) is -3.67. The van der Waals surface area contributed by atoms with Gasteiger partial charge in [-0.3, -0.25) is 4.55 Å². The van der Waals surface area contributed by atoms with Gasteiger partial charge in [0.2, 0.25) is 0 Å². The van der Waals surface area contributed by atoms with Crippen LogP contribution in [-0.4, -0.2) is 19.2 Å². The molecule has 0 atom stereocenters. The fourth-order valence-corrected chi connectivity index (χ4v) is 0.